The minimum atomic E-state index is -0.182. The average Bonchev–Trinajstić information content (AvgIpc) is 3.28. The molecular formula is C21H22FNO3. The molecule has 3 aliphatic rings. The van der Waals surface area contributed by atoms with Crippen LogP contribution in [0, 0.1) is 11.7 Å². The summed E-state index contributed by atoms with van der Waals surface area (Å²) < 4.78 is 30.3. The Labute approximate surface area is 152 Å². The Kier molecular flexibility index (Phi) is 3.97. The van der Waals surface area contributed by atoms with Crippen LogP contribution in [0.25, 0.3) is 0 Å². The molecule has 4 nitrogen and oxygen atoms in total. The summed E-state index contributed by atoms with van der Waals surface area (Å²) in [6.45, 7) is 0.896. The van der Waals surface area contributed by atoms with E-state index in [9.17, 15) is 4.39 Å². The van der Waals surface area contributed by atoms with Crippen molar-refractivity contribution in [3.8, 4) is 17.2 Å². The average molecular weight is 355 g/mol. The molecule has 0 aliphatic carbocycles. The van der Waals surface area contributed by atoms with Crippen LogP contribution >= 0.6 is 0 Å². The predicted octanol–water partition coefficient (Wildman–Crippen LogP) is 3.86. The molecule has 5 rings (SSSR count). The van der Waals surface area contributed by atoms with Crippen LogP contribution in [0.4, 0.5) is 4.39 Å². The van der Waals surface area contributed by atoms with Gasteiger partial charge in [-0.15, -0.1) is 0 Å². The zero-order valence-electron chi connectivity index (χ0n) is 14.5. The maximum atomic E-state index is 13.3. The van der Waals surface area contributed by atoms with Crippen molar-refractivity contribution >= 4 is 0 Å². The molecule has 2 saturated heterocycles. The third-order valence-electron chi connectivity index (χ3n) is 5.93. The van der Waals surface area contributed by atoms with Crippen LogP contribution in [0.5, 0.6) is 17.2 Å². The fourth-order valence-electron chi connectivity index (χ4n) is 4.62. The second-order valence-electron chi connectivity index (χ2n) is 7.43. The van der Waals surface area contributed by atoms with E-state index >= 15 is 0 Å². The molecule has 3 aliphatic heterocycles. The van der Waals surface area contributed by atoms with Crippen LogP contribution in [-0.2, 0) is 0 Å². The van der Waals surface area contributed by atoms with Gasteiger partial charge in [-0.1, -0.05) is 12.1 Å². The molecule has 26 heavy (non-hydrogen) atoms. The van der Waals surface area contributed by atoms with Crippen molar-refractivity contribution in [3.63, 3.8) is 0 Å². The highest BCUT2D eigenvalue weighted by Crippen LogP contribution is 2.42. The van der Waals surface area contributed by atoms with E-state index < -0.39 is 0 Å². The van der Waals surface area contributed by atoms with Gasteiger partial charge >= 0.3 is 0 Å². The largest absolute Gasteiger partial charge is 0.493 e. The zero-order chi connectivity index (χ0) is 17.5. The Morgan fingerprint density at radius 2 is 1.88 bits per heavy atom. The SMILES string of the molecule is Fc1ccc([C@@H]2CC3CC[C@@H](N3)[C@H]2COc2ccc3c(c2)OCO3)cc1. The van der Waals surface area contributed by atoms with E-state index in [1.807, 2.05) is 30.3 Å². The van der Waals surface area contributed by atoms with Gasteiger partial charge in [-0.25, -0.2) is 4.39 Å². The Morgan fingerprint density at radius 1 is 1.04 bits per heavy atom. The summed E-state index contributed by atoms with van der Waals surface area (Å²) in [6.07, 6.45) is 3.47. The number of ether oxygens (including phenoxy) is 3. The molecule has 2 bridgehead atoms. The number of halogens is 1. The van der Waals surface area contributed by atoms with Gasteiger partial charge in [-0.3, -0.25) is 0 Å². The molecule has 0 saturated carbocycles. The van der Waals surface area contributed by atoms with E-state index in [4.69, 9.17) is 14.2 Å². The molecule has 2 aromatic rings. The third-order valence-corrected chi connectivity index (χ3v) is 5.93. The smallest absolute Gasteiger partial charge is 0.231 e. The highest BCUT2D eigenvalue weighted by molar-refractivity contribution is 5.46. The van der Waals surface area contributed by atoms with Crippen LogP contribution in [0.1, 0.15) is 30.7 Å². The van der Waals surface area contributed by atoms with Crippen molar-refractivity contribution < 1.29 is 18.6 Å². The van der Waals surface area contributed by atoms with Crippen LogP contribution in [0.15, 0.2) is 42.5 Å². The summed E-state index contributed by atoms with van der Waals surface area (Å²) >= 11 is 0. The van der Waals surface area contributed by atoms with Crippen LogP contribution < -0.4 is 19.5 Å². The molecule has 0 spiro atoms. The Bertz CT molecular complexity index is 794. The highest BCUT2D eigenvalue weighted by atomic mass is 19.1. The lowest BCUT2D eigenvalue weighted by Crippen LogP contribution is -2.46. The summed E-state index contributed by atoms with van der Waals surface area (Å²) in [5.74, 6) is 2.87. The molecule has 4 atom stereocenters. The van der Waals surface area contributed by atoms with Gasteiger partial charge in [0.2, 0.25) is 6.79 Å². The van der Waals surface area contributed by atoms with Gasteiger partial charge in [0.25, 0.3) is 0 Å². The summed E-state index contributed by atoms with van der Waals surface area (Å²) in [6, 6.07) is 13.7. The number of nitrogens with one attached hydrogen (secondary N) is 1. The molecule has 0 aromatic heterocycles. The van der Waals surface area contributed by atoms with Gasteiger partial charge in [0.05, 0.1) is 6.61 Å². The number of rotatable bonds is 4. The first-order valence-corrected chi connectivity index (χ1v) is 9.30. The predicted molar refractivity (Wildman–Crippen MR) is 95.3 cm³/mol. The first-order valence-electron chi connectivity index (χ1n) is 9.30. The molecule has 0 radical (unpaired) electrons. The topological polar surface area (TPSA) is 39.7 Å². The summed E-state index contributed by atoms with van der Waals surface area (Å²) in [5, 5.41) is 3.73. The first kappa shape index (κ1) is 15.9. The van der Waals surface area contributed by atoms with Gasteiger partial charge in [0.15, 0.2) is 11.5 Å². The molecule has 3 heterocycles. The Hall–Kier alpha value is -2.27. The van der Waals surface area contributed by atoms with Gasteiger partial charge in [0.1, 0.15) is 11.6 Å². The van der Waals surface area contributed by atoms with E-state index in [-0.39, 0.29) is 12.6 Å². The van der Waals surface area contributed by atoms with E-state index in [1.54, 1.807) is 12.1 Å². The molecule has 2 fully saturated rings. The Morgan fingerprint density at radius 3 is 2.77 bits per heavy atom. The standard InChI is InChI=1S/C21H22FNO3/c22-14-3-1-13(2-4-14)17-9-15-5-7-19(23-15)18(17)11-24-16-6-8-20-21(10-16)26-12-25-20/h1-4,6,8,10,15,17-19,23H,5,7,9,11-12H2/t15?,17-,18-,19+/m0/s1. The summed E-state index contributed by atoms with van der Waals surface area (Å²) in [4.78, 5) is 0. The van der Waals surface area contributed by atoms with Crippen molar-refractivity contribution in [2.24, 2.45) is 5.92 Å². The number of piperidine rings is 1. The molecular weight excluding hydrogens is 333 g/mol. The normalized spacial score (nSPS) is 29.0. The molecule has 1 unspecified atom stereocenters. The summed E-state index contributed by atoms with van der Waals surface area (Å²) in [5.41, 5.74) is 1.21. The maximum Gasteiger partial charge on any atom is 0.231 e. The number of hydrogen-bond donors (Lipinski definition) is 1. The summed E-state index contributed by atoms with van der Waals surface area (Å²) in [7, 11) is 0. The molecule has 136 valence electrons. The Balaban J connectivity index is 1.35. The van der Waals surface area contributed by atoms with E-state index in [0.717, 1.165) is 23.7 Å². The van der Waals surface area contributed by atoms with Gasteiger partial charge in [0, 0.05) is 24.1 Å². The van der Waals surface area contributed by atoms with E-state index in [2.05, 4.69) is 5.32 Å². The van der Waals surface area contributed by atoms with Crippen molar-refractivity contribution in [1.29, 1.82) is 0 Å². The van der Waals surface area contributed by atoms with Crippen molar-refractivity contribution in [2.75, 3.05) is 13.4 Å². The van der Waals surface area contributed by atoms with Crippen molar-refractivity contribution in [2.45, 2.75) is 37.3 Å². The van der Waals surface area contributed by atoms with E-state index in [1.165, 1.54) is 18.4 Å². The van der Waals surface area contributed by atoms with Crippen LogP contribution in [-0.4, -0.2) is 25.5 Å². The third kappa shape index (κ3) is 2.90. The molecule has 2 aromatic carbocycles. The molecule has 5 heteroatoms. The van der Waals surface area contributed by atoms with Crippen molar-refractivity contribution in [1.82, 2.24) is 5.32 Å². The fraction of sp³-hybridized carbons (Fsp3) is 0.429. The van der Waals surface area contributed by atoms with Crippen LogP contribution in [0.2, 0.25) is 0 Å². The fourth-order valence-corrected chi connectivity index (χ4v) is 4.62. The first-order chi connectivity index (χ1) is 12.8. The van der Waals surface area contributed by atoms with Gasteiger partial charge < -0.3 is 19.5 Å². The number of fused-ring (bicyclic) bond motifs is 3. The quantitative estimate of drug-likeness (QED) is 0.904. The van der Waals surface area contributed by atoms with E-state index in [0.29, 0.717) is 30.5 Å². The lowest BCUT2D eigenvalue weighted by molar-refractivity contribution is 0.158. The second kappa shape index (κ2) is 6.47. The maximum absolute atomic E-state index is 13.3. The van der Waals surface area contributed by atoms with Gasteiger partial charge in [-0.2, -0.15) is 0 Å². The van der Waals surface area contributed by atoms with Gasteiger partial charge in [-0.05, 0) is 55.0 Å². The number of benzene rings is 2. The molecule has 1 N–H and O–H groups in total. The minimum absolute atomic E-state index is 0.182. The lowest BCUT2D eigenvalue weighted by Gasteiger charge is -2.38. The number of hydrogen-bond acceptors (Lipinski definition) is 4. The van der Waals surface area contributed by atoms with Crippen molar-refractivity contribution in [3.05, 3.63) is 53.8 Å². The molecule has 0 amide bonds. The van der Waals surface area contributed by atoms with Crippen LogP contribution in [0.3, 0.4) is 0 Å². The second-order valence-corrected chi connectivity index (χ2v) is 7.43. The zero-order valence-corrected chi connectivity index (χ0v) is 14.5. The monoisotopic (exact) mass is 355 g/mol. The highest BCUT2D eigenvalue weighted by Gasteiger charge is 2.42. The minimum Gasteiger partial charge on any atom is -0.493 e. The lowest BCUT2D eigenvalue weighted by atomic mass is 9.77.